The summed E-state index contributed by atoms with van der Waals surface area (Å²) in [7, 11) is 3.36. The Labute approximate surface area is 149 Å². The van der Waals surface area contributed by atoms with E-state index in [4.69, 9.17) is 9.47 Å². The fraction of sp³-hybridized carbons (Fsp3) is 0.389. The monoisotopic (exact) mass is 349 g/mol. The van der Waals surface area contributed by atoms with Gasteiger partial charge in [0, 0.05) is 50.2 Å². The Hall–Kier alpha value is -1.82. The molecule has 1 aliphatic rings. The highest BCUT2D eigenvalue weighted by Gasteiger charge is 2.25. The van der Waals surface area contributed by atoms with Crippen molar-refractivity contribution in [2.24, 2.45) is 0 Å². The van der Waals surface area contributed by atoms with Crippen molar-refractivity contribution in [1.82, 2.24) is 15.2 Å². The fourth-order valence-corrected chi connectivity index (χ4v) is 3.13. The summed E-state index contributed by atoms with van der Waals surface area (Å²) in [5, 5.41) is 3.47. The molecule has 0 spiro atoms. The summed E-state index contributed by atoms with van der Waals surface area (Å²) in [6.45, 7) is 3.72. The van der Waals surface area contributed by atoms with E-state index < -0.39 is 0 Å². The third-order valence-corrected chi connectivity index (χ3v) is 4.28. The van der Waals surface area contributed by atoms with E-state index in [9.17, 15) is 0 Å². The van der Waals surface area contributed by atoms with Gasteiger partial charge in [-0.2, -0.15) is 0 Å². The summed E-state index contributed by atoms with van der Waals surface area (Å²) in [6.07, 6.45) is 3.77. The number of methoxy groups -OCH3 is 2. The van der Waals surface area contributed by atoms with Crippen molar-refractivity contribution in [1.29, 1.82) is 0 Å². The summed E-state index contributed by atoms with van der Waals surface area (Å²) in [4.78, 5) is 6.73. The predicted octanol–water partition coefficient (Wildman–Crippen LogP) is 2.67. The molecule has 1 aromatic heterocycles. The second-order valence-corrected chi connectivity index (χ2v) is 5.63. The minimum atomic E-state index is 0. The number of halogens is 1. The van der Waals surface area contributed by atoms with E-state index in [-0.39, 0.29) is 12.4 Å². The lowest BCUT2D eigenvalue weighted by Crippen LogP contribution is -2.45. The van der Waals surface area contributed by atoms with Gasteiger partial charge in [0.15, 0.2) is 11.5 Å². The van der Waals surface area contributed by atoms with Crippen molar-refractivity contribution in [3.8, 4) is 11.5 Å². The highest BCUT2D eigenvalue weighted by atomic mass is 35.5. The molecule has 1 aliphatic heterocycles. The highest BCUT2D eigenvalue weighted by Crippen LogP contribution is 2.33. The summed E-state index contributed by atoms with van der Waals surface area (Å²) in [6, 6.07) is 10.5. The van der Waals surface area contributed by atoms with Gasteiger partial charge in [-0.1, -0.05) is 18.2 Å². The second kappa shape index (κ2) is 8.87. The van der Waals surface area contributed by atoms with Gasteiger partial charge in [-0.05, 0) is 17.7 Å². The molecule has 5 nitrogen and oxygen atoms in total. The number of rotatable bonds is 5. The molecule has 1 atom stereocenters. The average Bonchev–Trinajstić information content (AvgIpc) is 2.62. The van der Waals surface area contributed by atoms with Crippen LogP contribution in [0.5, 0.6) is 11.5 Å². The minimum Gasteiger partial charge on any atom is -0.493 e. The first-order valence-corrected chi connectivity index (χ1v) is 7.88. The molecule has 1 fully saturated rings. The quantitative estimate of drug-likeness (QED) is 0.899. The Morgan fingerprint density at radius 2 is 2.08 bits per heavy atom. The lowest BCUT2D eigenvalue weighted by Gasteiger charge is -2.36. The molecular weight excluding hydrogens is 326 g/mol. The predicted molar refractivity (Wildman–Crippen MR) is 97.1 cm³/mol. The lowest BCUT2D eigenvalue weighted by molar-refractivity contribution is 0.151. The fourth-order valence-electron chi connectivity index (χ4n) is 3.13. The zero-order valence-corrected chi connectivity index (χ0v) is 14.9. The van der Waals surface area contributed by atoms with Crippen LogP contribution in [-0.2, 0) is 6.54 Å². The summed E-state index contributed by atoms with van der Waals surface area (Å²) in [5.74, 6) is 1.59. The molecule has 0 aliphatic carbocycles. The van der Waals surface area contributed by atoms with Crippen LogP contribution in [0.25, 0.3) is 0 Å². The van der Waals surface area contributed by atoms with E-state index in [2.05, 4.69) is 27.3 Å². The first kappa shape index (κ1) is 18.5. The number of hydrogen-bond acceptors (Lipinski definition) is 5. The maximum Gasteiger partial charge on any atom is 0.165 e. The number of nitrogens with one attached hydrogen (secondary N) is 1. The molecule has 0 bridgehead atoms. The molecule has 2 aromatic rings. The molecule has 1 unspecified atom stereocenters. The molecule has 1 aromatic carbocycles. The van der Waals surface area contributed by atoms with Gasteiger partial charge in [0.25, 0.3) is 0 Å². The third kappa shape index (κ3) is 3.98. The Bertz CT molecular complexity index is 639. The van der Waals surface area contributed by atoms with Crippen LogP contribution in [0.3, 0.4) is 0 Å². The van der Waals surface area contributed by atoms with Gasteiger partial charge in [-0.25, -0.2) is 0 Å². The largest absolute Gasteiger partial charge is 0.493 e. The molecule has 0 saturated carbocycles. The summed E-state index contributed by atoms with van der Waals surface area (Å²) in [5.41, 5.74) is 2.38. The number of aromatic nitrogens is 1. The van der Waals surface area contributed by atoms with Gasteiger partial charge >= 0.3 is 0 Å². The van der Waals surface area contributed by atoms with E-state index in [1.807, 2.05) is 30.6 Å². The van der Waals surface area contributed by atoms with E-state index in [1.54, 1.807) is 14.2 Å². The zero-order chi connectivity index (χ0) is 16.1. The van der Waals surface area contributed by atoms with Crippen LogP contribution in [-0.4, -0.2) is 43.7 Å². The molecular formula is C18H24ClN3O2. The first-order chi connectivity index (χ1) is 11.3. The van der Waals surface area contributed by atoms with Gasteiger partial charge in [-0.3, -0.25) is 9.88 Å². The molecule has 6 heteroatoms. The molecule has 1 saturated heterocycles. The van der Waals surface area contributed by atoms with Crippen molar-refractivity contribution in [3.63, 3.8) is 0 Å². The van der Waals surface area contributed by atoms with Gasteiger partial charge in [0.2, 0.25) is 0 Å². The molecule has 3 rings (SSSR count). The third-order valence-electron chi connectivity index (χ3n) is 4.28. The van der Waals surface area contributed by atoms with Gasteiger partial charge in [0.05, 0.1) is 14.2 Å². The molecule has 1 N–H and O–H groups in total. The topological polar surface area (TPSA) is 46.6 Å². The number of para-hydroxylation sites is 1. The van der Waals surface area contributed by atoms with Crippen LogP contribution in [0.4, 0.5) is 0 Å². The number of pyridine rings is 1. The van der Waals surface area contributed by atoms with Gasteiger partial charge in [0.1, 0.15) is 0 Å². The molecule has 0 amide bonds. The van der Waals surface area contributed by atoms with E-state index >= 15 is 0 Å². The number of benzene rings is 1. The summed E-state index contributed by atoms with van der Waals surface area (Å²) < 4.78 is 11.0. The lowest BCUT2D eigenvalue weighted by atomic mass is 10.0. The average molecular weight is 350 g/mol. The standard InChI is InChI=1S/C18H23N3O2.ClH/c1-22-17-7-3-5-15(18(17)23-2)13-21-10-9-20-12-16(21)14-6-4-8-19-11-14;/h3-8,11,16,20H,9-10,12-13H2,1-2H3;1H. The van der Waals surface area contributed by atoms with Gasteiger partial charge < -0.3 is 14.8 Å². The maximum atomic E-state index is 5.57. The maximum absolute atomic E-state index is 5.57. The Morgan fingerprint density at radius 1 is 1.21 bits per heavy atom. The second-order valence-electron chi connectivity index (χ2n) is 5.63. The Morgan fingerprint density at radius 3 is 2.79 bits per heavy atom. The smallest absolute Gasteiger partial charge is 0.165 e. The van der Waals surface area contributed by atoms with Crippen molar-refractivity contribution >= 4 is 12.4 Å². The molecule has 2 heterocycles. The number of hydrogen-bond donors (Lipinski definition) is 1. The van der Waals surface area contributed by atoms with Crippen LogP contribution < -0.4 is 14.8 Å². The van der Waals surface area contributed by atoms with E-state index in [1.165, 1.54) is 5.56 Å². The zero-order valence-electron chi connectivity index (χ0n) is 14.1. The van der Waals surface area contributed by atoms with Crippen molar-refractivity contribution in [2.75, 3.05) is 33.9 Å². The van der Waals surface area contributed by atoms with Crippen molar-refractivity contribution in [2.45, 2.75) is 12.6 Å². The minimum absolute atomic E-state index is 0. The van der Waals surface area contributed by atoms with Gasteiger partial charge in [-0.15, -0.1) is 12.4 Å². The summed E-state index contributed by atoms with van der Waals surface area (Å²) >= 11 is 0. The molecule has 130 valence electrons. The molecule has 0 radical (unpaired) electrons. The van der Waals surface area contributed by atoms with E-state index in [0.717, 1.165) is 43.2 Å². The van der Waals surface area contributed by atoms with Crippen LogP contribution in [0.1, 0.15) is 17.2 Å². The number of nitrogens with zero attached hydrogens (tertiary/aromatic N) is 2. The van der Waals surface area contributed by atoms with Crippen LogP contribution in [0.2, 0.25) is 0 Å². The van der Waals surface area contributed by atoms with Crippen molar-refractivity contribution < 1.29 is 9.47 Å². The Kier molecular flexibility index (Phi) is 6.85. The van der Waals surface area contributed by atoms with E-state index in [0.29, 0.717) is 6.04 Å². The van der Waals surface area contributed by atoms with Crippen LogP contribution in [0.15, 0.2) is 42.7 Å². The number of ether oxygens (including phenoxy) is 2. The highest BCUT2D eigenvalue weighted by molar-refractivity contribution is 5.85. The van der Waals surface area contributed by atoms with Crippen LogP contribution >= 0.6 is 12.4 Å². The van der Waals surface area contributed by atoms with Crippen molar-refractivity contribution in [3.05, 3.63) is 53.9 Å². The normalized spacial score (nSPS) is 17.8. The van der Waals surface area contributed by atoms with Crippen LogP contribution in [0, 0.1) is 0 Å². The Balaban J connectivity index is 0.00000208. The first-order valence-electron chi connectivity index (χ1n) is 7.88. The number of piperazine rings is 1. The molecule has 24 heavy (non-hydrogen) atoms. The SMILES string of the molecule is COc1cccc(CN2CCNCC2c2cccnc2)c1OC.Cl.